The van der Waals surface area contributed by atoms with Gasteiger partial charge in [-0.3, -0.25) is 19.3 Å². The zero-order valence-electron chi connectivity index (χ0n) is 11.9. The summed E-state index contributed by atoms with van der Waals surface area (Å²) < 4.78 is 10.3. The lowest BCUT2D eigenvalue weighted by Gasteiger charge is -2.08. The number of methoxy groups -OCH3 is 2. The third-order valence-electron chi connectivity index (χ3n) is 2.87. The average Bonchev–Trinajstić information content (AvgIpc) is 2.74. The first kappa shape index (κ1) is 15.9. The minimum absolute atomic E-state index is 0.165. The summed E-state index contributed by atoms with van der Waals surface area (Å²) in [5.74, 6) is -0.832. The van der Waals surface area contributed by atoms with Crippen LogP contribution in [0.15, 0.2) is 23.1 Å². The fraction of sp³-hybridized carbons (Fsp3) is 0.214. The first-order valence-electron chi connectivity index (χ1n) is 6.15. The third kappa shape index (κ3) is 3.22. The van der Waals surface area contributed by atoms with Crippen LogP contribution in [0.25, 0.3) is 6.08 Å². The highest BCUT2D eigenvalue weighted by molar-refractivity contribution is 8.18. The minimum Gasteiger partial charge on any atom is -0.493 e. The summed E-state index contributed by atoms with van der Waals surface area (Å²) in [6.45, 7) is -0.645. The number of ether oxygens (including phenoxy) is 2. The summed E-state index contributed by atoms with van der Waals surface area (Å²) in [7, 11) is 3.00. The van der Waals surface area contributed by atoms with Gasteiger partial charge in [0, 0.05) is 0 Å². The smallest absolute Gasteiger partial charge is 0.323 e. The van der Waals surface area contributed by atoms with Gasteiger partial charge in [0.05, 0.1) is 19.1 Å². The van der Waals surface area contributed by atoms with Gasteiger partial charge in [-0.05, 0) is 35.5 Å². The van der Waals surface area contributed by atoms with Crippen LogP contribution in [0, 0.1) is 0 Å². The Morgan fingerprint density at radius 1 is 1.27 bits per heavy atom. The van der Waals surface area contributed by atoms with Gasteiger partial charge in [-0.15, -0.1) is 0 Å². The molecule has 1 saturated heterocycles. The Morgan fingerprint density at radius 2 is 1.95 bits per heavy atom. The fourth-order valence-corrected chi connectivity index (χ4v) is 2.70. The van der Waals surface area contributed by atoms with Gasteiger partial charge in [0.15, 0.2) is 11.5 Å². The van der Waals surface area contributed by atoms with Gasteiger partial charge < -0.3 is 14.6 Å². The number of imide groups is 1. The van der Waals surface area contributed by atoms with Crippen molar-refractivity contribution in [1.82, 2.24) is 4.90 Å². The Hall–Kier alpha value is -2.48. The number of carbonyl (C=O) groups excluding carboxylic acids is 2. The topological polar surface area (TPSA) is 93.1 Å². The Kier molecular flexibility index (Phi) is 4.71. The monoisotopic (exact) mass is 323 g/mol. The van der Waals surface area contributed by atoms with Crippen LogP contribution in [0.2, 0.25) is 0 Å². The van der Waals surface area contributed by atoms with Gasteiger partial charge in [0.2, 0.25) is 0 Å². The van der Waals surface area contributed by atoms with Crippen LogP contribution in [-0.4, -0.2) is 47.9 Å². The van der Waals surface area contributed by atoms with E-state index in [1.807, 2.05) is 0 Å². The van der Waals surface area contributed by atoms with E-state index in [9.17, 15) is 14.4 Å². The van der Waals surface area contributed by atoms with E-state index in [0.717, 1.165) is 0 Å². The molecular weight excluding hydrogens is 310 g/mol. The molecule has 2 amide bonds. The molecule has 1 aliphatic rings. The molecule has 7 nitrogen and oxygen atoms in total. The standard InChI is InChI=1S/C14H13NO6S/c1-20-9-4-3-8(5-10(9)21-2)6-11-13(18)15(7-12(16)17)14(19)22-11/h3-6H,7H2,1-2H3,(H,16,17)/b11-6+. The second-order valence-electron chi connectivity index (χ2n) is 4.28. The highest BCUT2D eigenvalue weighted by atomic mass is 32.2. The molecule has 0 bridgehead atoms. The molecular formula is C14H13NO6S. The molecule has 1 aromatic rings. The average molecular weight is 323 g/mol. The van der Waals surface area contributed by atoms with Gasteiger partial charge in [-0.1, -0.05) is 6.07 Å². The van der Waals surface area contributed by atoms with Crippen molar-refractivity contribution in [2.45, 2.75) is 0 Å². The molecule has 0 spiro atoms. The molecule has 0 aliphatic carbocycles. The third-order valence-corrected chi connectivity index (χ3v) is 3.78. The highest BCUT2D eigenvalue weighted by Gasteiger charge is 2.36. The maximum absolute atomic E-state index is 12.0. The van der Waals surface area contributed by atoms with Gasteiger partial charge >= 0.3 is 5.97 Å². The highest BCUT2D eigenvalue weighted by Crippen LogP contribution is 2.34. The zero-order chi connectivity index (χ0) is 16.3. The Labute approximate surface area is 130 Å². The number of thioether (sulfide) groups is 1. The number of carbonyl (C=O) groups is 3. The molecule has 1 aliphatic heterocycles. The van der Waals surface area contributed by atoms with Crippen molar-refractivity contribution in [3.05, 3.63) is 28.7 Å². The van der Waals surface area contributed by atoms with Crippen molar-refractivity contribution in [3.8, 4) is 11.5 Å². The number of carboxylic acid groups (broad SMARTS) is 1. The lowest BCUT2D eigenvalue weighted by molar-refractivity contribution is -0.140. The summed E-state index contributed by atoms with van der Waals surface area (Å²) in [6, 6.07) is 5.03. The van der Waals surface area contributed by atoms with E-state index in [2.05, 4.69) is 0 Å². The molecule has 1 aromatic carbocycles. The number of nitrogens with zero attached hydrogens (tertiary/aromatic N) is 1. The molecule has 1 heterocycles. The molecule has 116 valence electrons. The van der Waals surface area contributed by atoms with Gasteiger partial charge in [0.1, 0.15) is 6.54 Å². The molecule has 2 rings (SSSR count). The maximum atomic E-state index is 12.0. The number of hydrogen-bond donors (Lipinski definition) is 1. The summed E-state index contributed by atoms with van der Waals surface area (Å²) in [5, 5.41) is 8.11. The van der Waals surface area contributed by atoms with Crippen LogP contribution < -0.4 is 9.47 Å². The van der Waals surface area contributed by atoms with E-state index < -0.39 is 23.7 Å². The minimum atomic E-state index is -1.24. The molecule has 0 aromatic heterocycles. The lowest BCUT2D eigenvalue weighted by Crippen LogP contribution is -2.33. The molecule has 0 unspecified atom stereocenters. The van der Waals surface area contributed by atoms with Crippen molar-refractivity contribution in [3.63, 3.8) is 0 Å². The zero-order valence-corrected chi connectivity index (χ0v) is 12.7. The predicted octanol–water partition coefficient (Wildman–Crippen LogP) is 1.82. The first-order valence-corrected chi connectivity index (χ1v) is 6.97. The SMILES string of the molecule is COc1ccc(/C=C2/SC(=O)N(CC(=O)O)C2=O)cc1OC. The largest absolute Gasteiger partial charge is 0.493 e. The summed E-state index contributed by atoms with van der Waals surface area (Å²) in [4.78, 5) is 35.2. The maximum Gasteiger partial charge on any atom is 0.323 e. The van der Waals surface area contributed by atoms with Gasteiger partial charge in [-0.25, -0.2) is 0 Å². The Balaban J connectivity index is 2.28. The van der Waals surface area contributed by atoms with Crippen LogP contribution in [-0.2, 0) is 9.59 Å². The van der Waals surface area contributed by atoms with Gasteiger partial charge in [-0.2, -0.15) is 0 Å². The Bertz CT molecular complexity index is 669. The molecule has 1 N–H and O–H groups in total. The second kappa shape index (κ2) is 6.52. The lowest BCUT2D eigenvalue weighted by atomic mass is 10.2. The van der Waals surface area contributed by atoms with Gasteiger partial charge in [0.25, 0.3) is 11.1 Å². The summed E-state index contributed by atoms with van der Waals surface area (Å²) in [5.41, 5.74) is 0.637. The number of amides is 2. The van der Waals surface area contributed by atoms with E-state index in [1.165, 1.54) is 20.3 Å². The number of benzene rings is 1. The number of rotatable bonds is 5. The molecule has 8 heteroatoms. The van der Waals surface area contributed by atoms with E-state index in [4.69, 9.17) is 14.6 Å². The van der Waals surface area contributed by atoms with Crippen molar-refractivity contribution >= 4 is 35.0 Å². The predicted molar refractivity (Wildman–Crippen MR) is 79.9 cm³/mol. The summed E-state index contributed by atoms with van der Waals surface area (Å²) in [6.07, 6.45) is 1.51. The van der Waals surface area contributed by atoms with Crippen molar-refractivity contribution in [2.24, 2.45) is 0 Å². The first-order chi connectivity index (χ1) is 10.5. The number of hydrogen-bond acceptors (Lipinski definition) is 6. The Morgan fingerprint density at radius 3 is 2.55 bits per heavy atom. The van der Waals surface area contributed by atoms with Crippen LogP contribution in [0.4, 0.5) is 4.79 Å². The van der Waals surface area contributed by atoms with Crippen molar-refractivity contribution in [2.75, 3.05) is 20.8 Å². The van der Waals surface area contributed by atoms with E-state index in [0.29, 0.717) is 33.7 Å². The summed E-state index contributed by atoms with van der Waals surface area (Å²) >= 11 is 0.705. The number of carboxylic acids is 1. The van der Waals surface area contributed by atoms with E-state index in [-0.39, 0.29) is 4.91 Å². The molecule has 1 fully saturated rings. The van der Waals surface area contributed by atoms with Crippen LogP contribution in [0.5, 0.6) is 11.5 Å². The van der Waals surface area contributed by atoms with Crippen molar-refractivity contribution < 1.29 is 29.0 Å². The van der Waals surface area contributed by atoms with Crippen LogP contribution >= 0.6 is 11.8 Å². The molecule has 22 heavy (non-hydrogen) atoms. The normalized spacial score (nSPS) is 16.3. The molecule has 0 radical (unpaired) electrons. The van der Waals surface area contributed by atoms with Crippen LogP contribution in [0.3, 0.4) is 0 Å². The number of aliphatic carboxylic acids is 1. The van der Waals surface area contributed by atoms with Crippen LogP contribution in [0.1, 0.15) is 5.56 Å². The van der Waals surface area contributed by atoms with E-state index in [1.54, 1.807) is 18.2 Å². The second-order valence-corrected chi connectivity index (χ2v) is 5.27. The van der Waals surface area contributed by atoms with E-state index >= 15 is 0 Å². The molecule has 0 saturated carbocycles. The molecule has 0 atom stereocenters. The fourth-order valence-electron chi connectivity index (χ4n) is 1.87. The quantitative estimate of drug-likeness (QED) is 0.826. The van der Waals surface area contributed by atoms with Crippen molar-refractivity contribution in [1.29, 1.82) is 0 Å².